The molecular weight excluding hydrogens is 305 g/mol. The van der Waals surface area contributed by atoms with Gasteiger partial charge in [-0.05, 0) is 12.8 Å². The standard InChI is InChI=1S/C12H13F3N4O3/c13-12(14,15)7-2-1-3-18(6-7)11-9(10(16)20)4-8(5-17-11)19(21)22/h4-5,7H,1-3,6H2,(H2,16,20). The Labute approximate surface area is 123 Å². The minimum Gasteiger partial charge on any atom is -0.365 e. The number of hydrogen-bond acceptors (Lipinski definition) is 5. The summed E-state index contributed by atoms with van der Waals surface area (Å²) in [6.45, 7) is -0.0771. The maximum absolute atomic E-state index is 12.8. The number of pyridine rings is 1. The van der Waals surface area contributed by atoms with Gasteiger partial charge in [0.1, 0.15) is 12.0 Å². The molecule has 2 N–H and O–H groups in total. The molecule has 22 heavy (non-hydrogen) atoms. The third-order valence-corrected chi connectivity index (χ3v) is 3.51. The molecule has 1 unspecified atom stereocenters. The zero-order valence-corrected chi connectivity index (χ0v) is 11.3. The summed E-state index contributed by atoms with van der Waals surface area (Å²) in [6.07, 6.45) is -3.16. The molecule has 10 heteroatoms. The number of halogens is 3. The van der Waals surface area contributed by atoms with Gasteiger partial charge >= 0.3 is 6.18 Å². The van der Waals surface area contributed by atoms with E-state index in [1.165, 1.54) is 4.90 Å². The average molecular weight is 318 g/mol. The number of carbonyl (C=O) groups is 1. The SMILES string of the molecule is NC(=O)c1cc([N+](=O)[O-])cnc1N1CCCC(C(F)(F)F)C1. The van der Waals surface area contributed by atoms with E-state index in [2.05, 4.69) is 4.98 Å². The van der Waals surface area contributed by atoms with Gasteiger partial charge < -0.3 is 10.6 Å². The highest BCUT2D eigenvalue weighted by Gasteiger charge is 2.42. The molecule has 1 fully saturated rings. The molecule has 1 saturated heterocycles. The molecule has 1 aliphatic heterocycles. The molecule has 0 aliphatic carbocycles. The molecule has 1 aromatic rings. The first kappa shape index (κ1) is 16.0. The van der Waals surface area contributed by atoms with Crippen LogP contribution < -0.4 is 10.6 Å². The second-order valence-corrected chi connectivity index (χ2v) is 5.01. The molecule has 1 aromatic heterocycles. The van der Waals surface area contributed by atoms with E-state index in [1.807, 2.05) is 0 Å². The monoisotopic (exact) mass is 318 g/mol. The maximum Gasteiger partial charge on any atom is 0.393 e. The fourth-order valence-corrected chi connectivity index (χ4v) is 2.42. The van der Waals surface area contributed by atoms with E-state index in [1.54, 1.807) is 0 Å². The molecule has 7 nitrogen and oxygen atoms in total. The summed E-state index contributed by atoms with van der Waals surface area (Å²) in [5, 5.41) is 10.7. The Hall–Kier alpha value is -2.39. The van der Waals surface area contributed by atoms with Crippen molar-refractivity contribution in [3.05, 3.63) is 27.9 Å². The fourth-order valence-electron chi connectivity index (χ4n) is 2.42. The first-order valence-electron chi connectivity index (χ1n) is 6.46. The summed E-state index contributed by atoms with van der Waals surface area (Å²) in [5.74, 6) is -2.55. The molecule has 0 bridgehead atoms. The number of primary amides is 1. The number of rotatable bonds is 3. The lowest BCUT2D eigenvalue weighted by atomic mass is 9.97. The minimum atomic E-state index is -4.34. The van der Waals surface area contributed by atoms with Crippen LogP contribution in [0.1, 0.15) is 23.2 Å². The Balaban J connectivity index is 2.35. The Morgan fingerprint density at radius 1 is 1.50 bits per heavy atom. The van der Waals surface area contributed by atoms with Crippen molar-refractivity contribution in [3.63, 3.8) is 0 Å². The maximum atomic E-state index is 12.8. The van der Waals surface area contributed by atoms with Crippen LogP contribution >= 0.6 is 0 Å². The van der Waals surface area contributed by atoms with Gasteiger partial charge in [0.15, 0.2) is 0 Å². The van der Waals surface area contributed by atoms with Gasteiger partial charge in [-0.25, -0.2) is 4.98 Å². The van der Waals surface area contributed by atoms with E-state index >= 15 is 0 Å². The largest absolute Gasteiger partial charge is 0.393 e. The molecule has 0 spiro atoms. The highest BCUT2D eigenvalue weighted by Crippen LogP contribution is 2.35. The Morgan fingerprint density at radius 2 is 2.18 bits per heavy atom. The lowest BCUT2D eigenvalue weighted by molar-refractivity contribution is -0.385. The van der Waals surface area contributed by atoms with Crippen molar-refractivity contribution in [2.45, 2.75) is 19.0 Å². The molecule has 1 amide bonds. The molecular formula is C12H13F3N4O3. The number of nitro groups is 1. The summed E-state index contributed by atoms with van der Waals surface area (Å²) in [4.78, 5) is 26.4. The third-order valence-electron chi connectivity index (χ3n) is 3.51. The first-order valence-corrected chi connectivity index (χ1v) is 6.46. The predicted molar refractivity (Wildman–Crippen MR) is 70.4 cm³/mol. The lowest BCUT2D eigenvalue weighted by Gasteiger charge is -2.35. The van der Waals surface area contributed by atoms with Crippen LogP contribution in [0.15, 0.2) is 12.3 Å². The normalized spacial score (nSPS) is 19.0. The summed E-state index contributed by atoms with van der Waals surface area (Å²) in [7, 11) is 0. The van der Waals surface area contributed by atoms with Gasteiger partial charge in [0.25, 0.3) is 11.6 Å². The second-order valence-electron chi connectivity index (χ2n) is 5.01. The summed E-state index contributed by atoms with van der Waals surface area (Å²) >= 11 is 0. The van der Waals surface area contributed by atoms with Gasteiger partial charge in [0, 0.05) is 19.2 Å². The van der Waals surface area contributed by atoms with Crippen LogP contribution in [0.5, 0.6) is 0 Å². The predicted octanol–water partition coefficient (Wildman–Crippen LogP) is 1.87. The van der Waals surface area contributed by atoms with Gasteiger partial charge in [-0.2, -0.15) is 13.2 Å². The van der Waals surface area contributed by atoms with Crippen molar-refractivity contribution in [2.24, 2.45) is 11.7 Å². The van der Waals surface area contributed by atoms with Crippen LogP contribution in [0, 0.1) is 16.0 Å². The number of hydrogen-bond donors (Lipinski definition) is 1. The fraction of sp³-hybridized carbons (Fsp3) is 0.500. The van der Waals surface area contributed by atoms with Crippen LogP contribution in [0.4, 0.5) is 24.7 Å². The van der Waals surface area contributed by atoms with Crippen molar-refractivity contribution in [3.8, 4) is 0 Å². The van der Waals surface area contributed by atoms with E-state index in [0.29, 0.717) is 0 Å². The van der Waals surface area contributed by atoms with Crippen LogP contribution in [0.2, 0.25) is 0 Å². The number of nitrogens with two attached hydrogens (primary N) is 1. The summed E-state index contributed by atoms with van der Waals surface area (Å²) < 4.78 is 38.5. The number of nitrogens with zero attached hydrogens (tertiary/aromatic N) is 3. The number of alkyl halides is 3. The van der Waals surface area contributed by atoms with Crippen LogP contribution in [-0.4, -0.2) is 35.1 Å². The minimum absolute atomic E-state index is 0.00111. The molecule has 2 heterocycles. The third kappa shape index (κ3) is 3.26. The highest BCUT2D eigenvalue weighted by atomic mass is 19.4. The van der Waals surface area contributed by atoms with E-state index in [4.69, 9.17) is 5.73 Å². The van der Waals surface area contributed by atoms with Gasteiger partial charge in [0.05, 0.1) is 16.4 Å². The van der Waals surface area contributed by atoms with Crippen molar-refractivity contribution in [1.82, 2.24) is 4.98 Å². The van der Waals surface area contributed by atoms with Crippen LogP contribution in [0.3, 0.4) is 0 Å². The molecule has 1 aliphatic rings. The summed E-state index contributed by atoms with van der Waals surface area (Å²) in [5.41, 5.74) is 4.46. The number of piperidine rings is 1. The highest BCUT2D eigenvalue weighted by molar-refractivity contribution is 5.98. The van der Waals surface area contributed by atoms with Crippen molar-refractivity contribution >= 4 is 17.4 Å². The topological polar surface area (TPSA) is 102 Å². The Bertz CT molecular complexity index is 606. The zero-order chi connectivity index (χ0) is 16.5. The number of amides is 1. The molecule has 0 saturated carbocycles. The number of aromatic nitrogens is 1. The Morgan fingerprint density at radius 3 is 2.73 bits per heavy atom. The summed E-state index contributed by atoms with van der Waals surface area (Å²) in [6, 6.07) is 0.932. The van der Waals surface area contributed by atoms with Gasteiger partial charge in [0.2, 0.25) is 0 Å². The molecule has 120 valence electrons. The zero-order valence-electron chi connectivity index (χ0n) is 11.3. The van der Waals surface area contributed by atoms with Crippen molar-refractivity contribution in [2.75, 3.05) is 18.0 Å². The van der Waals surface area contributed by atoms with Crippen LogP contribution in [-0.2, 0) is 0 Å². The van der Waals surface area contributed by atoms with Crippen LogP contribution in [0.25, 0.3) is 0 Å². The lowest BCUT2D eigenvalue weighted by Crippen LogP contribution is -2.42. The van der Waals surface area contributed by atoms with E-state index in [9.17, 15) is 28.1 Å². The molecule has 1 atom stereocenters. The first-order chi connectivity index (χ1) is 10.2. The van der Waals surface area contributed by atoms with Gasteiger partial charge in [-0.3, -0.25) is 14.9 Å². The Kier molecular flexibility index (Phi) is 4.20. The van der Waals surface area contributed by atoms with Gasteiger partial charge in [-0.15, -0.1) is 0 Å². The van der Waals surface area contributed by atoms with E-state index < -0.39 is 28.6 Å². The molecule has 0 aromatic carbocycles. The second kappa shape index (κ2) is 5.78. The van der Waals surface area contributed by atoms with E-state index in [0.717, 1.165) is 12.3 Å². The van der Waals surface area contributed by atoms with Crippen molar-refractivity contribution in [1.29, 1.82) is 0 Å². The van der Waals surface area contributed by atoms with E-state index in [-0.39, 0.29) is 37.3 Å². The number of anilines is 1. The molecule has 2 rings (SSSR count). The smallest absolute Gasteiger partial charge is 0.365 e. The van der Waals surface area contributed by atoms with Crippen molar-refractivity contribution < 1.29 is 22.9 Å². The quantitative estimate of drug-likeness (QED) is 0.677. The number of carbonyl (C=O) groups excluding carboxylic acids is 1. The average Bonchev–Trinajstić information content (AvgIpc) is 2.45. The van der Waals surface area contributed by atoms with Gasteiger partial charge in [-0.1, -0.05) is 0 Å². The molecule has 0 radical (unpaired) electrons.